The predicted octanol–water partition coefficient (Wildman–Crippen LogP) is 2.89. The van der Waals surface area contributed by atoms with Gasteiger partial charge in [-0.15, -0.1) is 0 Å². The van der Waals surface area contributed by atoms with Gasteiger partial charge in [0.25, 0.3) is 0 Å². The van der Waals surface area contributed by atoms with E-state index in [4.69, 9.17) is 14.9 Å². The van der Waals surface area contributed by atoms with E-state index in [1.165, 1.54) is 17.9 Å². The fourth-order valence-electron chi connectivity index (χ4n) is 3.10. The van der Waals surface area contributed by atoms with Crippen LogP contribution in [-0.4, -0.2) is 22.6 Å². The molecule has 0 aliphatic heterocycles. The van der Waals surface area contributed by atoms with Crippen molar-refractivity contribution in [2.24, 2.45) is 0 Å². The summed E-state index contributed by atoms with van der Waals surface area (Å²) >= 11 is 0. The molecule has 2 aromatic carbocycles. The normalized spacial score (nSPS) is 10.6. The van der Waals surface area contributed by atoms with Crippen LogP contribution >= 0.6 is 0 Å². The van der Waals surface area contributed by atoms with Crippen LogP contribution in [0, 0.1) is 11.3 Å². The lowest BCUT2D eigenvalue weighted by Gasteiger charge is -2.12. The number of rotatable bonds is 3. The van der Waals surface area contributed by atoms with Crippen molar-refractivity contribution < 1.29 is 13.9 Å². The van der Waals surface area contributed by atoms with Crippen molar-refractivity contribution in [3.63, 3.8) is 0 Å². The van der Waals surface area contributed by atoms with E-state index in [1.54, 1.807) is 48.5 Å². The smallest absolute Gasteiger partial charge is 0.357 e. The zero-order valence-corrected chi connectivity index (χ0v) is 15.2. The maximum absolute atomic E-state index is 12.4. The van der Waals surface area contributed by atoms with Crippen LogP contribution in [0.15, 0.2) is 63.9 Å². The standard InChI is InChI=1S/C21H14N4O4/c1-28-21(27)18-17(23)12(10-22)11-25(18)16-9-5-3-7-14(16)19-24-15-8-4-2-6-13(15)20(26)29-19/h2-9,11H,23H2,1H3. The second-order valence-corrected chi connectivity index (χ2v) is 6.12. The molecule has 0 saturated heterocycles. The van der Waals surface area contributed by atoms with E-state index in [-0.39, 0.29) is 22.8 Å². The zero-order chi connectivity index (χ0) is 20.5. The highest BCUT2D eigenvalue weighted by Crippen LogP contribution is 2.31. The van der Waals surface area contributed by atoms with Crippen molar-refractivity contribution in [2.45, 2.75) is 0 Å². The van der Waals surface area contributed by atoms with Crippen molar-refractivity contribution in [3.05, 3.63) is 76.4 Å². The third-order valence-electron chi connectivity index (χ3n) is 4.47. The summed E-state index contributed by atoms with van der Waals surface area (Å²) in [4.78, 5) is 29.2. The maximum Gasteiger partial charge on any atom is 0.357 e. The lowest BCUT2D eigenvalue weighted by molar-refractivity contribution is 0.0593. The number of anilines is 1. The lowest BCUT2D eigenvalue weighted by atomic mass is 10.1. The first-order valence-electron chi connectivity index (χ1n) is 8.54. The van der Waals surface area contributed by atoms with Crippen LogP contribution in [0.5, 0.6) is 0 Å². The van der Waals surface area contributed by atoms with E-state index in [9.17, 15) is 14.9 Å². The third kappa shape index (κ3) is 2.91. The number of carbonyl (C=O) groups is 1. The van der Waals surface area contributed by atoms with Gasteiger partial charge < -0.3 is 19.5 Å². The first kappa shape index (κ1) is 18.0. The van der Waals surface area contributed by atoms with Crippen LogP contribution in [0.3, 0.4) is 0 Å². The number of fused-ring (bicyclic) bond motifs is 1. The number of nitrogens with two attached hydrogens (primary N) is 1. The predicted molar refractivity (Wildman–Crippen MR) is 106 cm³/mol. The summed E-state index contributed by atoms with van der Waals surface area (Å²) in [6.45, 7) is 0. The van der Waals surface area contributed by atoms with Gasteiger partial charge in [0, 0.05) is 6.20 Å². The monoisotopic (exact) mass is 386 g/mol. The second-order valence-electron chi connectivity index (χ2n) is 6.12. The number of esters is 1. The molecule has 4 aromatic rings. The van der Waals surface area contributed by atoms with E-state index in [0.29, 0.717) is 22.2 Å². The van der Waals surface area contributed by atoms with Crippen LogP contribution in [0.4, 0.5) is 5.69 Å². The van der Waals surface area contributed by atoms with E-state index in [0.717, 1.165) is 0 Å². The average molecular weight is 386 g/mol. The van der Waals surface area contributed by atoms with Gasteiger partial charge in [-0.2, -0.15) is 5.26 Å². The molecule has 0 aliphatic rings. The highest BCUT2D eigenvalue weighted by Gasteiger charge is 2.24. The molecular weight excluding hydrogens is 372 g/mol. The Morgan fingerprint density at radius 2 is 1.93 bits per heavy atom. The van der Waals surface area contributed by atoms with E-state index in [1.807, 2.05) is 6.07 Å². The summed E-state index contributed by atoms with van der Waals surface area (Å²) in [6.07, 6.45) is 1.43. The summed E-state index contributed by atoms with van der Waals surface area (Å²) in [6, 6.07) is 15.7. The van der Waals surface area contributed by atoms with Crippen LogP contribution in [0.1, 0.15) is 16.1 Å². The maximum atomic E-state index is 12.4. The first-order chi connectivity index (χ1) is 14.0. The van der Waals surface area contributed by atoms with Gasteiger partial charge in [0.15, 0.2) is 5.69 Å². The SMILES string of the molecule is COC(=O)c1c(N)c(C#N)cn1-c1ccccc1-c1nc2ccccc2c(=O)o1. The molecule has 29 heavy (non-hydrogen) atoms. The number of hydrogen-bond acceptors (Lipinski definition) is 7. The molecule has 0 amide bonds. The summed E-state index contributed by atoms with van der Waals surface area (Å²) in [7, 11) is 1.22. The first-order valence-corrected chi connectivity index (χ1v) is 8.54. The highest BCUT2D eigenvalue weighted by molar-refractivity contribution is 5.96. The Bertz CT molecular complexity index is 1360. The minimum Gasteiger partial charge on any atom is -0.464 e. The van der Waals surface area contributed by atoms with Crippen LogP contribution in [0.25, 0.3) is 28.0 Å². The number of hydrogen-bond donors (Lipinski definition) is 1. The Morgan fingerprint density at radius 1 is 1.21 bits per heavy atom. The molecule has 0 atom stereocenters. The topological polar surface area (TPSA) is 124 Å². The largest absolute Gasteiger partial charge is 0.464 e. The van der Waals surface area contributed by atoms with Crippen LogP contribution in [0.2, 0.25) is 0 Å². The molecule has 4 rings (SSSR count). The molecule has 0 radical (unpaired) electrons. The molecular formula is C21H14N4O4. The van der Waals surface area contributed by atoms with Crippen molar-refractivity contribution in [3.8, 4) is 23.2 Å². The minimum absolute atomic E-state index is 0.000337. The summed E-state index contributed by atoms with van der Waals surface area (Å²) in [5.74, 6) is -0.627. The van der Waals surface area contributed by atoms with Gasteiger partial charge in [0.05, 0.1) is 40.5 Å². The fraction of sp³-hybridized carbons (Fsp3) is 0.0476. The third-order valence-corrected chi connectivity index (χ3v) is 4.47. The number of benzene rings is 2. The van der Waals surface area contributed by atoms with Gasteiger partial charge in [0.2, 0.25) is 5.89 Å². The number of para-hydroxylation sites is 2. The Morgan fingerprint density at radius 3 is 2.69 bits per heavy atom. The molecule has 2 N–H and O–H groups in total. The molecule has 2 aromatic heterocycles. The number of carbonyl (C=O) groups excluding carboxylic acids is 1. The number of aromatic nitrogens is 2. The molecule has 0 bridgehead atoms. The molecule has 142 valence electrons. The minimum atomic E-state index is -0.702. The Labute approximate surface area is 164 Å². The van der Waals surface area contributed by atoms with E-state index < -0.39 is 11.6 Å². The lowest BCUT2D eigenvalue weighted by Crippen LogP contribution is -2.12. The van der Waals surface area contributed by atoms with Crippen LogP contribution < -0.4 is 11.4 Å². The molecule has 2 heterocycles. The Balaban J connectivity index is 2.01. The summed E-state index contributed by atoms with van der Waals surface area (Å²) in [5.41, 5.74) is 6.95. The quantitative estimate of drug-likeness (QED) is 0.537. The zero-order valence-electron chi connectivity index (χ0n) is 15.2. The molecule has 0 aliphatic carbocycles. The summed E-state index contributed by atoms with van der Waals surface area (Å²) in [5, 5.41) is 9.69. The van der Waals surface area contributed by atoms with Crippen molar-refractivity contribution in [2.75, 3.05) is 12.8 Å². The Kier molecular flexibility index (Phi) is 4.33. The molecule has 0 unspecified atom stereocenters. The van der Waals surface area contributed by atoms with Gasteiger partial charge >= 0.3 is 11.6 Å². The number of ether oxygens (including phenoxy) is 1. The average Bonchev–Trinajstić information content (AvgIpc) is 3.09. The second kappa shape index (κ2) is 6.98. The van der Waals surface area contributed by atoms with Gasteiger partial charge in [-0.25, -0.2) is 14.6 Å². The number of nitriles is 1. The van der Waals surface area contributed by atoms with Gasteiger partial charge in [-0.05, 0) is 24.3 Å². The number of methoxy groups -OCH3 is 1. The van der Waals surface area contributed by atoms with Gasteiger partial charge in [-0.1, -0.05) is 24.3 Å². The number of nitrogen functional groups attached to an aromatic ring is 1. The molecule has 0 saturated carbocycles. The molecule has 0 fully saturated rings. The number of nitrogens with zero attached hydrogens (tertiary/aromatic N) is 3. The van der Waals surface area contributed by atoms with Crippen LogP contribution in [-0.2, 0) is 4.74 Å². The van der Waals surface area contributed by atoms with Crippen molar-refractivity contribution in [1.29, 1.82) is 5.26 Å². The molecule has 8 nitrogen and oxygen atoms in total. The van der Waals surface area contributed by atoms with E-state index in [2.05, 4.69) is 4.98 Å². The highest BCUT2D eigenvalue weighted by atomic mass is 16.5. The Hall–Kier alpha value is -4.38. The van der Waals surface area contributed by atoms with E-state index >= 15 is 0 Å². The van der Waals surface area contributed by atoms with Crippen molar-refractivity contribution in [1.82, 2.24) is 9.55 Å². The fourth-order valence-corrected chi connectivity index (χ4v) is 3.10. The van der Waals surface area contributed by atoms with Gasteiger partial charge in [0.1, 0.15) is 6.07 Å². The molecule has 8 heteroatoms. The summed E-state index contributed by atoms with van der Waals surface area (Å²) < 4.78 is 11.7. The molecule has 0 spiro atoms. The van der Waals surface area contributed by atoms with Gasteiger partial charge in [-0.3, -0.25) is 0 Å². The van der Waals surface area contributed by atoms with Crippen molar-refractivity contribution >= 4 is 22.6 Å².